The van der Waals surface area contributed by atoms with Gasteiger partial charge in [0, 0.05) is 36.4 Å². The molecule has 0 saturated carbocycles. The maximum absolute atomic E-state index is 9.92. The van der Waals surface area contributed by atoms with Crippen LogP contribution in [0.3, 0.4) is 0 Å². The van der Waals surface area contributed by atoms with E-state index in [9.17, 15) is 5.11 Å². The van der Waals surface area contributed by atoms with Crippen LogP contribution in [0.2, 0.25) is 0 Å². The number of aliphatic hydroxyl groups excluding tert-OH is 1. The number of fused-ring (bicyclic) bond motifs is 1. The van der Waals surface area contributed by atoms with Crippen molar-refractivity contribution in [3.8, 4) is 22.8 Å². The van der Waals surface area contributed by atoms with Crippen LogP contribution < -0.4 is 20.1 Å². The molecule has 4 aromatic rings. The lowest BCUT2D eigenvalue weighted by molar-refractivity contribution is 0.222. The lowest BCUT2D eigenvalue weighted by Crippen LogP contribution is -2.20. The number of para-hydroxylation sites is 1. The minimum atomic E-state index is -0.741. The van der Waals surface area contributed by atoms with Crippen LogP contribution in [0.4, 0.5) is 17.3 Å². The van der Waals surface area contributed by atoms with E-state index in [1.54, 1.807) is 20.2 Å². The second-order valence-corrected chi connectivity index (χ2v) is 9.04. The fourth-order valence-corrected chi connectivity index (χ4v) is 4.17. The van der Waals surface area contributed by atoms with E-state index >= 15 is 0 Å². The number of rotatable bonds is 10. The van der Waals surface area contributed by atoms with E-state index in [1.165, 1.54) is 5.56 Å². The first-order valence-electron chi connectivity index (χ1n) is 11.9. The number of aliphatic hydroxyl groups is 1. The molecule has 190 valence electrons. The molecular formula is C27H34N6O3. The van der Waals surface area contributed by atoms with Crippen LogP contribution in [0.25, 0.3) is 22.2 Å². The van der Waals surface area contributed by atoms with Crippen molar-refractivity contribution in [2.75, 3.05) is 45.0 Å². The van der Waals surface area contributed by atoms with Crippen LogP contribution in [-0.4, -0.2) is 65.1 Å². The van der Waals surface area contributed by atoms with Gasteiger partial charge in [-0.2, -0.15) is 0 Å². The molecular weight excluding hydrogens is 456 g/mol. The van der Waals surface area contributed by atoms with Gasteiger partial charge in [-0.3, -0.25) is 0 Å². The summed E-state index contributed by atoms with van der Waals surface area (Å²) in [5.41, 5.74) is 5.45. The predicted molar refractivity (Wildman–Crippen MR) is 144 cm³/mol. The summed E-state index contributed by atoms with van der Waals surface area (Å²) in [5.74, 6) is 1.68. The number of aryl methyl sites for hydroxylation is 2. The standard InChI is InChI=1S/C27H34N6O3/c1-17-8-7-9-20-21(16-33(5)26(17)20)25-24(35-6)15-28-27(31-25)30-19-10-11-23(36-13-12-32(3)4)22(14-19)29-18(2)34/h7-11,14-16,18,29,34H,12-13H2,1-6H3,(H,28,30,31). The van der Waals surface area contributed by atoms with Gasteiger partial charge < -0.3 is 34.7 Å². The van der Waals surface area contributed by atoms with Crippen molar-refractivity contribution in [2.45, 2.75) is 20.1 Å². The number of likely N-dealkylation sites (N-methyl/N-ethyl adjacent to an activating group) is 1. The molecule has 0 radical (unpaired) electrons. The van der Waals surface area contributed by atoms with Gasteiger partial charge in [-0.25, -0.2) is 9.97 Å². The van der Waals surface area contributed by atoms with Gasteiger partial charge in [0.25, 0.3) is 0 Å². The summed E-state index contributed by atoms with van der Waals surface area (Å²) in [6, 6.07) is 11.9. The molecule has 9 nitrogen and oxygen atoms in total. The molecule has 0 aliphatic heterocycles. The monoisotopic (exact) mass is 490 g/mol. The first kappa shape index (κ1) is 25.3. The van der Waals surface area contributed by atoms with E-state index in [-0.39, 0.29) is 0 Å². The summed E-state index contributed by atoms with van der Waals surface area (Å²) in [6.07, 6.45) is 3.00. The third kappa shape index (κ3) is 5.53. The molecule has 4 rings (SSSR count). The highest BCUT2D eigenvalue weighted by Gasteiger charge is 2.17. The Kier molecular flexibility index (Phi) is 7.61. The molecule has 2 aromatic carbocycles. The molecule has 2 aromatic heterocycles. The maximum atomic E-state index is 9.92. The van der Waals surface area contributed by atoms with Crippen molar-refractivity contribution in [2.24, 2.45) is 7.05 Å². The first-order valence-corrected chi connectivity index (χ1v) is 11.9. The zero-order chi connectivity index (χ0) is 25.8. The Morgan fingerprint density at radius 2 is 1.97 bits per heavy atom. The molecule has 0 aliphatic carbocycles. The van der Waals surface area contributed by atoms with Gasteiger partial charge in [-0.15, -0.1) is 0 Å². The second kappa shape index (κ2) is 10.8. The van der Waals surface area contributed by atoms with Crippen molar-refractivity contribution >= 4 is 28.2 Å². The molecule has 0 spiro atoms. The number of anilines is 3. The van der Waals surface area contributed by atoms with Crippen LogP contribution >= 0.6 is 0 Å². The molecule has 0 saturated heterocycles. The van der Waals surface area contributed by atoms with E-state index in [2.05, 4.69) is 45.4 Å². The zero-order valence-corrected chi connectivity index (χ0v) is 21.7. The largest absolute Gasteiger partial charge is 0.493 e. The first-order chi connectivity index (χ1) is 17.3. The fraction of sp³-hybridized carbons (Fsp3) is 0.333. The molecule has 0 aliphatic rings. The van der Waals surface area contributed by atoms with Crippen LogP contribution in [-0.2, 0) is 7.05 Å². The van der Waals surface area contributed by atoms with Gasteiger partial charge in [-0.05, 0) is 51.7 Å². The van der Waals surface area contributed by atoms with Crippen molar-refractivity contribution in [1.29, 1.82) is 0 Å². The molecule has 0 amide bonds. The van der Waals surface area contributed by atoms with Gasteiger partial charge in [0.2, 0.25) is 5.95 Å². The van der Waals surface area contributed by atoms with Crippen molar-refractivity contribution in [1.82, 2.24) is 19.4 Å². The average Bonchev–Trinajstić information content (AvgIpc) is 3.17. The Morgan fingerprint density at radius 3 is 2.69 bits per heavy atom. The summed E-state index contributed by atoms with van der Waals surface area (Å²) in [5, 5.41) is 17.3. The molecule has 9 heteroatoms. The molecule has 0 fully saturated rings. The summed E-state index contributed by atoms with van der Waals surface area (Å²) in [6.45, 7) is 5.07. The van der Waals surface area contributed by atoms with E-state index in [4.69, 9.17) is 14.5 Å². The third-order valence-electron chi connectivity index (χ3n) is 5.83. The van der Waals surface area contributed by atoms with E-state index in [0.717, 1.165) is 28.7 Å². The number of nitrogens with zero attached hydrogens (tertiary/aromatic N) is 4. The smallest absolute Gasteiger partial charge is 0.227 e. The lowest BCUT2D eigenvalue weighted by atomic mass is 10.1. The summed E-state index contributed by atoms with van der Waals surface area (Å²) < 4.78 is 13.6. The molecule has 1 atom stereocenters. The molecule has 1 unspecified atom stereocenters. The van der Waals surface area contributed by atoms with E-state index < -0.39 is 6.23 Å². The Hall–Kier alpha value is -3.82. The molecule has 0 bridgehead atoms. The van der Waals surface area contributed by atoms with Crippen LogP contribution in [0, 0.1) is 6.92 Å². The van der Waals surface area contributed by atoms with Gasteiger partial charge in [0.05, 0.1) is 24.5 Å². The number of hydrogen-bond donors (Lipinski definition) is 3. The van der Waals surface area contributed by atoms with Gasteiger partial charge in [-0.1, -0.05) is 18.2 Å². The highest BCUT2D eigenvalue weighted by Crippen LogP contribution is 2.36. The quantitative estimate of drug-likeness (QED) is 0.282. The topological polar surface area (TPSA) is 96.7 Å². The van der Waals surface area contributed by atoms with Crippen LogP contribution in [0.5, 0.6) is 11.5 Å². The Morgan fingerprint density at radius 1 is 1.17 bits per heavy atom. The van der Waals surface area contributed by atoms with Gasteiger partial charge >= 0.3 is 0 Å². The number of ether oxygens (including phenoxy) is 2. The SMILES string of the molecule is COc1cnc(Nc2ccc(OCCN(C)C)c(NC(C)O)c2)nc1-c1cn(C)c2c(C)cccc12. The number of methoxy groups -OCH3 is 1. The minimum absolute atomic E-state index is 0.430. The number of aromatic nitrogens is 3. The molecule has 36 heavy (non-hydrogen) atoms. The number of nitrogens with one attached hydrogen (secondary N) is 2. The van der Waals surface area contributed by atoms with E-state index in [0.29, 0.717) is 35.4 Å². The second-order valence-electron chi connectivity index (χ2n) is 9.04. The fourth-order valence-electron chi connectivity index (χ4n) is 4.17. The van der Waals surface area contributed by atoms with Crippen molar-refractivity contribution in [3.05, 3.63) is 54.4 Å². The third-order valence-corrected chi connectivity index (χ3v) is 5.83. The molecule has 3 N–H and O–H groups in total. The lowest BCUT2D eigenvalue weighted by Gasteiger charge is -2.18. The predicted octanol–water partition coefficient (Wildman–Crippen LogP) is 4.39. The highest BCUT2D eigenvalue weighted by molar-refractivity contribution is 5.98. The Labute approximate surface area is 211 Å². The van der Waals surface area contributed by atoms with Crippen LogP contribution in [0.1, 0.15) is 12.5 Å². The van der Waals surface area contributed by atoms with Crippen LogP contribution in [0.15, 0.2) is 48.8 Å². The number of benzene rings is 2. The summed E-state index contributed by atoms with van der Waals surface area (Å²) in [4.78, 5) is 11.3. The minimum Gasteiger partial charge on any atom is -0.493 e. The average molecular weight is 491 g/mol. The van der Waals surface area contributed by atoms with Gasteiger partial charge in [0.15, 0.2) is 5.75 Å². The Bertz CT molecular complexity index is 1350. The van der Waals surface area contributed by atoms with Gasteiger partial charge in [0.1, 0.15) is 24.3 Å². The highest BCUT2D eigenvalue weighted by atomic mass is 16.5. The summed E-state index contributed by atoms with van der Waals surface area (Å²) >= 11 is 0. The zero-order valence-electron chi connectivity index (χ0n) is 21.7. The Balaban J connectivity index is 1.67. The maximum Gasteiger partial charge on any atom is 0.227 e. The van der Waals surface area contributed by atoms with Crippen molar-refractivity contribution < 1.29 is 14.6 Å². The summed E-state index contributed by atoms with van der Waals surface area (Å²) in [7, 11) is 7.64. The number of hydrogen-bond acceptors (Lipinski definition) is 8. The van der Waals surface area contributed by atoms with E-state index in [1.807, 2.05) is 50.3 Å². The van der Waals surface area contributed by atoms with Crippen molar-refractivity contribution in [3.63, 3.8) is 0 Å². The molecule has 2 heterocycles. The normalized spacial score (nSPS) is 12.1.